The Morgan fingerprint density at radius 1 is 1.38 bits per heavy atom. The zero-order valence-electron chi connectivity index (χ0n) is 13.4. The lowest BCUT2D eigenvalue weighted by Gasteiger charge is -2.25. The largest absolute Gasteiger partial charge is 0.496 e. The molecule has 3 rings (SSSR count). The molecule has 0 bridgehead atoms. The van der Waals surface area contributed by atoms with Gasteiger partial charge in [-0.05, 0) is 37.0 Å². The van der Waals surface area contributed by atoms with E-state index in [9.17, 15) is 9.59 Å². The molecular formula is C17H19N3O4. The standard InChI is InChI=1S/C17H19N3O4/c1-24-15-9-12(5-6-13(15)17(22)23)19-16(21)14-7-8-18-20(14)10-11-3-2-4-11/h5-9,11H,2-4,10H2,1H3,(H,19,21)(H,22,23). The normalized spacial score (nSPS) is 14.0. The van der Waals surface area contributed by atoms with Crippen LogP contribution in [0.4, 0.5) is 5.69 Å². The van der Waals surface area contributed by atoms with Gasteiger partial charge in [-0.15, -0.1) is 0 Å². The first-order valence-electron chi connectivity index (χ1n) is 7.83. The van der Waals surface area contributed by atoms with E-state index in [0.29, 0.717) is 17.3 Å². The van der Waals surface area contributed by atoms with E-state index < -0.39 is 5.97 Å². The van der Waals surface area contributed by atoms with Crippen molar-refractivity contribution in [3.63, 3.8) is 0 Å². The Labute approximate surface area is 139 Å². The van der Waals surface area contributed by atoms with E-state index in [-0.39, 0.29) is 17.2 Å². The van der Waals surface area contributed by atoms with Crippen molar-refractivity contribution in [3.05, 3.63) is 41.7 Å². The number of benzene rings is 1. The maximum atomic E-state index is 12.5. The summed E-state index contributed by atoms with van der Waals surface area (Å²) in [7, 11) is 1.39. The van der Waals surface area contributed by atoms with Crippen molar-refractivity contribution >= 4 is 17.6 Å². The van der Waals surface area contributed by atoms with E-state index in [1.165, 1.54) is 44.6 Å². The number of ether oxygens (including phenoxy) is 1. The number of carbonyl (C=O) groups is 2. The molecule has 24 heavy (non-hydrogen) atoms. The van der Waals surface area contributed by atoms with Crippen LogP contribution in [0.15, 0.2) is 30.5 Å². The van der Waals surface area contributed by atoms with Gasteiger partial charge in [-0.25, -0.2) is 4.79 Å². The minimum Gasteiger partial charge on any atom is -0.496 e. The van der Waals surface area contributed by atoms with Crippen LogP contribution in [0, 0.1) is 5.92 Å². The lowest BCUT2D eigenvalue weighted by molar-refractivity contribution is 0.0693. The quantitative estimate of drug-likeness (QED) is 0.850. The molecule has 1 aromatic carbocycles. The fraction of sp³-hybridized carbons (Fsp3) is 0.353. The smallest absolute Gasteiger partial charge is 0.339 e. The number of rotatable bonds is 6. The summed E-state index contributed by atoms with van der Waals surface area (Å²) in [6.45, 7) is 0.747. The molecule has 0 saturated heterocycles. The van der Waals surface area contributed by atoms with Crippen molar-refractivity contribution in [3.8, 4) is 5.75 Å². The number of carboxylic acids is 1. The molecule has 1 aliphatic carbocycles. The fourth-order valence-corrected chi connectivity index (χ4v) is 2.73. The summed E-state index contributed by atoms with van der Waals surface area (Å²) >= 11 is 0. The molecule has 2 N–H and O–H groups in total. The first-order valence-corrected chi connectivity index (χ1v) is 7.83. The second kappa shape index (κ2) is 6.74. The number of carboxylic acid groups (broad SMARTS) is 1. The van der Waals surface area contributed by atoms with Gasteiger partial charge < -0.3 is 15.2 Å². The van der Waals surface area contributed by atoms with E-state index in [1.807, 2.05) is 0 Å². The Bertz CT molecular complexity index is 765. The maximum Gasteiger partial charge on any atom is 0.339 e. The lowest BCUT2D eigenvalue weighted by Crippen LogP contribution is -2.23. The summed E-state index contributed by atoms with van der Waals surface area (Å²) in [5.41, 5.74) is 1.01. The van der Waals surface area contributed by atoms with Crippen LogP contribution < -0.4 is 10.1 Å². The third kappa shape index (κ3) is 3.24. The number of aromatic nitrogens is 2. The summed E-state index contributed by atoms with van der Waals surface area (Å²) in [6.07, 6.45) is 5.20. The monoisotopic (exact) mass is 329 g/mol. The molecule has 1 aliphatic rings. The highest BCUT2D eigenvalue weighted by molar-refractivity contribution is 6.03. The molecule has 1 saturated carbocycles. The van der Waals surface area contributed by atoms with Gasteiger partial charge in [0.15, 0.2) is 0 Å². The summed E-state index contributed by atoms with van der Waals surface area (Å²) in [6, 6.07) is 6.11. The summed E-state index contributed by atoms with van der Waals surface area (Å²) < 4.78 is 6.79. The van der Waals surface area contributed by atoms with E-state index in [4.69, 9.17) is 9.84 Å². The fourth-order valence-electron chi connectivity index (χ4n) is 2.73. The van der Waals surface area contributed by atoms with E-state index in [0.717, 1.165) is 6.54 Å². The summed E-state index contributed by atoms with van der Waals surface area (Å²) in [5, 5.41) is 16.1. The molecule has 0 unspecified atom stereocenters. The number of amides is 1. The number of nitrogens with zero attached hydrogens (tertiary/aromatic N) is 2. The van der Waals surface area contributed by atoms with Crippen molar-refractivity contribution in [2.75, 3.05) is 12.4 Å². The minimum absolute atomic E-state index is 0.0468. The number of nitrogens with one attached hydrogen (secondary N) is 1. The van der Waals surface area contributed by atoms with Gasteiger partial charge in [-0.1, -0.05) is 6.42 Å². The van der Waals surface area contributed by atoms with E-state index >= 15 is 0 Å². The van der Waals surface area contributed by atoms with Crippen molar-refractivity contribution < 1.29 is 19.4 Å². The van der Waals surface area contributed by atoms with Crippen LogP contribution in [0.2, 0.25) is 0 Å². The zero-order valence-corrected chi connectivity index (χ0v) is 13.4. The highest BCUT2D eigenvalue weighted by Crippen LogP contribution is 2.28. The Morgan fingerprint density at radius 3 is 2.79 bits per heavy atom. The molecule has 1 amide bonds. The molecule has 1 aromatic heterocycles. The first kappa shape index (κ1) is 16.0. The number of hydrogen-bond acceptors (Lipinski definition) is 4. The highest BCUT2D eigenvalue weighted by atomic mass is 16.5. The van der Waals surface area contributed by atoms with Crippen LogP contribution in [0.5, 0.6) is 5.75 Å². The molecular weight excluding hydrogens is 310 g/mol. The molecule has 0 radical (unpaired) electrons. The van der Waals surface area contributed by atoms with E-state index in [1.54, 1.807) is 16.9 Å². The molecule has 1 heterocycles. The maximum absolute atomic E-state index is 12.5. The van der Waals surface area contributed by atoms with Gasteiger partial charge in [0.2, 0.25) is 0 Å². The molecule has 2 aromatic rings. The minimum atomic E-state index is -1.08. The lowest BCUT2D eigenvalue weighted by atomic mass is 9.85. The Hall–Kier alpha value is -2.83. The topological polar surface area (TPSA) is 93.5 Å². The molecule has 0 spiro atoms. The predicted octanol–water partition coefficient (Wildman–Crippen LogP) is 2.64. The van der Waals surface area contributed by atoms with Crippen LogP contribution >= 0.6 is 0 Å². The predicted molar refractivity (Wildman–Crippen MR) is 87.5 cm³/mol. The third-order valence-corrected chi connectivity index (χ3v) is 4.29. The number of hydrogen-bond donors (Lipinski definition) is 2. The second-order valence-corrected chi connectivity index (χ2v) is 5.87. The molecule has 126 valence electrons. The van der Waals surface area contributed by atoms with Crippen LogP contribution in [0.1, 0.15) is 40.1 Å². The molecule has 1 fully saturated rings. The van der Waals surface area contributed by atoms with Gasteiger partial charge in [0.1, 0.15) is 17.0 Å². The average molecular weight is 329 g/mol. The van der Waals surface area contributed by atoms with Gasteiger partial charge in [0, 0.05) is 24.5 Å². The SMILES string of the molecule is COc1cc(NC(=O)c2ccnn2CC2CCC2)ccc1C(=O)O. The van der Waals surface area contributed by atoms with Gasteiger partial charge in [-0.3, -0.25) is 9.48 Å². The average Bonchev–Trinajstić information content (AvgIpc) is 2.99. The Morgan fingerprint density at radius 2 is 2.17 bits per heavy atom. The van der Waals surface area contributed by atoms with Crippen LogP contribution in [-0.2, 0) is 6.54 Å². The number of anilines is 1. The van der Waals surface area contributed by atoms with Crippen molar-refractivity contribution in [1.29, 1.82) is 0 Å². The van der Waals surface area contributed by atoms with Gasteiger partial charge in [-0.2, -0.15) is 5.10 Å². The van der Waals surface area contributed by atoms with E-state index in [2.05, 4.69) is 10.4 Å². The van der Waals surface area contributed by atoms with Crippen LogP contribution in [0.25, 0.3) is 0 Å². The van der Waals surface area contributed by atoms with Crippen molar-refractivity contribution in [2.24, 2.45) is 5.92 Å². The highest BCUT2D eigenvalue weighted by Gasteiger charge is 2.21. The Kier molecular flexibility index (Phi) is 4.50. The molecule has 0 atom stereocenters. The molecule has 0 aliphatic heterocycles. The van der Waals surface area contributed by atoms with Gasteiger partial charge in [0.25, 0.3) is 5.91 Å². The van der Waals surface area contributed by atoms with Crippen molar-refractivity contribution in [2.45, 2.75) is 25.8 Å². The van der Waals surface area contributed by atoms with Crippen LogP contribution in [-0.4, -0.2) is 33.9 Å². The Balaban J connectivity index is 1.75. The number of aromatic carboxylic acids is 1. The van der Waals surface area contributed by atoms with Crippen molar-refractivity contribution in [1.82, 2.24) is 9.78 Å². The third-order valence-electron chi connectivity index (χ3n) is 4.29. The zero-order chi connectivity index (χ0) is 17.1. The number of carbonyl (C=O) groups excluding carboxylic acids is 1. The van der Waals surface area contributed by atoms with Crippen LogP contribution in [0.3, 0.4) is 0 Å². The second-order valence-electron chi connectivity index (χ2n) is 5.87. The molecule has 7 nitrogen and oxygen atoms in total. The summed E-state index contributed by atoms with van der Waals surface area (Å²) in [4.78, 5) is 23.6. The van der Waals surface area contributed by atoms with Gasteiger partial charge >= 0.3 is 5.97 Å². The first-order chi connectivity index (χ1) is 11.6. The number of methoxy groups -OCH3 is 1. The van der Waals surface area contributed by atoms with Gasteiger partial charge in [0.05, 0.1) is 7.11 Å². The summed E-state index contributed by atoms with van der Waals surface area (Å²) in [5.74, 6) is -0.574. The molecule has 7 heteroatoms.